The van der Waals surface area contributed by atoms with Crippen molar-refractivity contribution in [3.05, 3.63) is 35.2 Å². The number of carbonyl (C=O) groups excluding carboxylic acids is 2. The van der Waals surface area contributed by atoms with Crippen molar-refractivity contribution in [2.45, 2.75) is 82.9 Å². The number of amides is 3. The van der Waals surface area contributed by atoms with E-state index in [1.54, 1.807) is 35.9 Å². The molecule has 0 saturated heterocycles. The lowest BCUT2D eigenvalue weighted by molar-refractivity contribution is 0.0368. The second kappa shape index (κ2) is 12.7. The highest BCUT2D eigenvalue weighted by Crippen LogP contribution is 2.36. The second-order valence-corrected chi connectivity index (χ2v) is 12.8. The maximum Gasteiger partial charge on any atom is 0.317 e. The molecule has 2 aromatic rings. The molecule has 1 aromatic heterocycles. The van der Waals surface area contributed by atoms with Gasteiger partial charge in [0, 0.05) is 25.6 Å². The molecule has 1 fully saturated rings. The first-order chi connectivity index (χ1) is 19.4. The smallest absolute Gasteiger partial charge is 0.317 e. The maximum absolute atomic E-state index is 13.7. The van der Waals surface area contributed by atoms with E-state index < -0.39 is 28.1 Å². The third-order valence-electron chi connectivity index (χ3n) is 7.91. The number of urea groups is 1. The van der Waals surface area contributed by atoms with Crippen molar-refractivity contribution < 1.29 is 32.4 Å². The first-order valence-electron chi connectivity index (χ1n) is 14.1. The van der Waals surface area contributed by atoms with E-state index in [0.717, 1.165) is 25.7 Å². The number of para-hydroxylation sites is 1. The van der Waals surface area contributed by atoms with E-state index in [4.69, 9.17) is 9.26 Å². The molecule has 4 rings (SSSR count). The van der Waals surface area contributed by atoms with Crippen molar-refractivity contribution in [2.24, 2.45) is 5.92 Å². The summed E-state index contributed by atoms with van der Waals surface area (Å²) in [6.07, 6.45) is 4.67. The van der Waals surface area contributed by atoms with Crippen LogP contribution in [-0.2, 0) is 10.0 Å². The number of likely N-dealkylation sites (N-methyl/N-ethyl adjacent to an activating group) is 1. The SMILES string of the molecule is Cc1noc(C)c1S(=O)(=O)Nc1cccc2c1O[C@@H](CN(C)C(=O)NC1CCCCC1)[C@@H](C)CN([C@H](C)CO)C2=O. The Bertz CT molecular complexity index is 1340. The summed E-state index contributed by atoms with van der Waals surface area (Å²) in [7, 11) is -2.45. The Balaban J connectivity index is 1.68. The normalized spacial score (nSPS) is 20.8. The van der Waals surface area contributed by atoms with Crippen molar-refractivity contribution in [1.82, 2.24) is 20.3 Å². The molecule has 3 N–H and O–H groups in total. The molecule has 3 atom stereocenters. The van der Waals surface area contributed by atoms with E-state index in [1.807, 2.05) is 6.92 Å². The van der Waals surface area contributed by atoms with Gasteiger partial charge in [0.2, 0.25) is 0 Å². The van der Waals surface area contributed by atoms with Crippen LogP contribution in [0.2, 0.25) is 0 Å². The van der Waals surface area contributed by atoms with Crippen LogP contribution >= 0.6 is 0 Å². The molecule has 2 aliphatic rings. The molecule has 0 unspecified atom stereocenters. The molecule has 226 valence electrons. The minimum absolute atomic E-state index is 0.0561. The van der Waals surface area contributed by atoms with Crippen molar-refractivity contribution >= 4 is 27.6 Å². The Labute approximate surface area is 241 Å². The first kappa shape index (κ1) is 30.6. The van der Waals surface area contributed by atoms with Gasteiger partial charge in [-0.25, -0.2) is 13.2 Å². The molecular formula is C28H41N5O7S. The van der Waals surface area contributed by atoms with Crippen LogP contribution < -0.4 is 14.8 Å². The molecule has 13 heteroatoms. The van der Waals surface area contributed by atoms with Gasteiger partial charge in [0.15, 0.2) is 16.4 Å². The Morgan fingerprint density at radius 1 is 1.24 bits per heavy atom. The molecule has 1 saturated carbocycles. The zero-order valence-electron chi connectivity index (χ0n) is 24.3. The Morgan fingerprint density at radius 2 is 1.95 bits per heavy atom. The third-order valence-corrected chi connectivity index (χ3v) is 9.51. The number of sulfonamides is 1. The van der Waals surface area contributed by atoms with Gasteiger partial charge in [-0.1, -0.05) is 37.4 Å². The molecular weight excluding hydrogens is 550 g/mol. The quantitative estimate of drug-likeness (QED) is 0.423. The van der Waals surface area contributed by atoms with Gasteiger partial charge in [-0.3, -0.25) is 9.52 Å². The number of ether oxygens (including phenoxy) is 1. The molecule has 2 heterocycles. The summed E-state index contributed by atoms with van der Waals surface area (Å²) in [4.78, 5) is 29.8. The number of aliphatic hydroxyl groups is 1. The van der Waals surface area contributed by atoms with Gasteiger partial charge >= 0.3 is 6.03 Å². The van der Waals surface area contributed by atoms with Crippen LogP contribution in [0.3, 0.4) is 0 Å². The van der Waals surface area contributed by atoms with Gasteiger partial charge in [0.1, 0.15) is 11.8 Å². The summed E-state index contributed by atoms with van der Waals surface area (Å²) in [5, 5.41) is 16.8. The standard InChI is InChI=1S/C28H41N5O7S/c1-17-14-33(18(2)16-34)27(35)22-12-9-13-23(31-41(37,38)26-19(3)30-40-20(26)4)25(22)39-24(17)15-32(5)28(36)29-21-10-7-6-8-11-21/h9,12-13,17-18,21,24,31,34H,6-8,10-11,14-16H2,1-5H3,(H,29,36)/t17-,18+,24-/m0/s1. The molecule has 0 bridgehead atoms. The van der Waals surface area contributed by atoms with Crippen LogP contribution in [0.15, 0.2) is 27.6 Å². The number of rotatable bonds is 8. The second-order valence-electron chi connectivity index (χ2n) is 11.2. The lowest BCUT2D eigenvalue weighted by atomic mass is 9.96. The molecule has 0 radical (unpaired) electrons. The van der Waals surface area contributed by atoms with Crippen LogP contribution in [0.25, 0.3) is 0 Å². The fourth-order valence-corrected chi connectivity index (χ4v) is 6.87. The molecule has 1 aliphatic carbocycles. The Morgan fingerprint density at radius 3 is 2.59 bits per heavy atom. The Hall–Kier alpha value is -3.32. The number of hydrogen-bond acceptors (Lipinski definition) is 8. The monoisotopic (exact) mass is 591 g/mol. The van der Waals surface area contributed by atoms with Crippen LogP contribution in [0.4, 0.5) is 10.5 Å². The summed E-state index contributed by atoms with van der Waals surface area (Å²) < 4.78 is 40.8. The van der Waals surface area contributed by atoms with Gasteiger partial charge in [-0.15, -0.1) is 0 Å². The summed E-state index contributed by atoms with van der Waals surface area (Å²) in [5.74, 6) is -0.474. The topological polar surface area (TPSA) is 154 Å². The highest BCUT2D eigenvalue weighted by atomic mass is 32.2. The summed E-state index contributed by atoms with van der Waals surface area (Å²) in [5.41, 5.74) is 0.419. The Kier molecular flexibility index (Phi) is 9.48. The number of anilines is 1. The van der Waals surface area contributed by atoms with Gasteiger partial charge in [-0.05, 0) is 45.7 Å². The number of nitrogens with zero attached hydrogens (tertiary/aromatic N) is 3. The van der Waals surface area contributed by atoms with Gasteiger partial charge in [0.05, 0.1) is 30.4 Å². The van der Waals surface area contributed by atoms with Crippen molar-refractivity contribution in [1.29, 1.82) is 0 Å². The minimum atomic E-state index is -4.15. The third kappa shape index (κ3) is 6.78. The number of carbonyl (C=O) groups is 2. The van der Waals surface area contributed by atoms with E-state index in [9.17, 15) is 23.1 Å². The van der Waals surface area contributed by atoms with Gasteiger partial charge in [0.25, 0.3) is 15.9 Å². The fourth-order valence-electron chi connectivity index (χ4n) is 5.48. The average Bonchev–Trinajstić information content (AvgIpc) is 3.29. The predicted octanol–water partition coefficient (Wildman–Crippen LogP) is 3.29. The maximum atomic E-state index is 13.7. The summed E-state index contributed by atoms with van der Waals surface area (Å²) >= 11 is 0. The molecule has 0 spiro atoms. The van der Waals surface area contributed by atoms with Crippen LogP contribution in [0.1, 0.15) is 67.8 Å². The minimum Gasteiger partial charge on any atom is -0.485 e. The number of benzene rings is 1. The van der Waals surface area contributed by atoms with E-state index in [0.29, 0.717) is 0 Å². The summed E-state index contributed by atoms with van der Waals surface area (Å²) in [6, 6.07) is 4.08. The van der Waals surface area contributed by atoms with Crippen LogP contribution in [0.5, 0.6) is 5.75 Å². The number of aryl methyl sites for hydroxylation is 2. The van der Waals surface area contributed by atoms with Gasteiger partial charge < -0.3 is 29.5 Å². The molecule has 12 nitrogen and oxygen atoms in total. The van der Waals surface area contributed by atoms with E-state index >= 15 is 0 Å². The average molecular weight is 592 g/mol. The van der Waals surface area contributed by atoms with E-state index in [2.05, 4.69) is 15.2 Å². The largest absolute Gasteiger partial charge is 0.485 e. The lowest BCUT2D eigenvalue weighted by Gasteiger charge is -2.38. The lowest BCUT2D eigenvalue weighted by Crippen LogP contribution is -2.52. The highest BCUT2D eigenvalue weighted by Gasteiger charge is 2.36. The van der Waals surface area contributed by atoms with Crippen LogP contribution in [-0.4, -0.2) is 85.4 Å². The van der Waals surface area contributed by atoms with Crippen molar-refractivity contribution in [3.63, 3.8) is 0 Å². The number of fused-ring (bicyclic) bond motifs is 1. The zero-order valence-corrected chi connectivity index (χ0v) is 25.2. The van der Waals surface area contributed by atoms with E-state index in [1.165, 1.54) is 26.3 Å². The van der Waals surface area contributed by atoms with E-state index in [-0.39, 0.29) is 71.0 Å². The molecule has 41 heavy (non-hydrogen) atoms. The molecule has 1 aromatic carbocycles. The summed E-state index contributed by atoms with van der Waals surface area (Å²) in [6.45, 7) is 6.91. The fraction of sp³-hybridized carbons (Fsp3) is 0.607. The number of hydrogen-bond donors (Lipinski definition) is 3. The van der Waals surface area contributed by atoms with Crippen molar-refractivity contribution in [3.8, 4) is 5.75 Å². The first-order valence-corrected chi connectivity index (χ1v) is 15.6. The highest BCUT2D eigenvalue weighted by molar-refractivity contribution is 7.92. The molecule has 1 aliphatic heterocycles. The zero-order chi connectivity index (χ0) is 29.9. The van der Waals surface area contributed by atoms with Crippen LogP contribution in [0, 0.1) is 19.8 Å². The molecule has 3 amide bonds. The predicted molar refractivity (Wildman–Crippen MR) is 152 cm³/mol. The number of aliphatic hydroxyl groups excluding tert-OH is 1. The van der Waals surface area contributed by atoms with Crippen molar-refractivity contribution in [2.75, 3.05) is 31.5 Å². The number of nitrogens with one attached hydrogen (secondary N) is 2. The van der Waals surface area contributed by atoms with Gasteiger partial charge in [-0.2, -0.15) is 0 Å². The number of aromatic nitrogens is 1.